The molecule has 0 aliphatic rings. The molecule has 0 aliphatic carbocycles. The number of aryl methyl sites for hydroxylation is 2. The first-order chi connectivity index (χ1) is 9.55. The smallest absolute Gasteiger partial charge is 0.356 e. The van der Waals surface area contributed by atoms with E-state index in [2.05, 4.69) is 17.9 Å². The normalized spacial score (nSPS) is 10.2. The molecule has 0 unspecified atom stereocenters. The highest BCUT2D eigenvalue weighted by atomic mass is 32.1. The molecular weight excluding hydrogens is 274 g/mol. The molecule has 0 saturated heterocycles. The molecule has 1 aromatic heterocycles. The zero-order valence-electron chi connectivity index (χ0n) is 11.5. The SMILES string of the molecule is COC(=O)c1cc(-c2ccc(OS)cc2C)cc(C)n1. The molecule has 0 amide bonds. The summed E-state index contributed by atoms with van der Waals surface area (Å²) in [6, 6.07) is 9.29. The highest BCUT2D eigenvalue weighted by Gasteiger charge is 2.12. The van der Waals surface area contributed by atoms with Gasteiger partial charge in [0.25, 0.3) is 0 Å². The maximum Gasteiger partial charge on any atom is 0.356 e. The highest BCUT2D eigenvalue weighted by Crippen LogP contribution is 2.28. The molecule has 4 nitrogen and oxygen atoms in total. The lowest BCUT2D eigenvalue weighted by Crippen LogP contribution is -2.05. The van der Waals surface area contributed by atoms with E-state index in [4.69, 9.17) is 8.92 Å². The molecule has 104 valence electrons. The van der Waals surface area contributed by atoms with Crippen LogP contribution in [0, 0.1) is 13.8 Å². The van der Waals surface area contributed by atoms with Crippen molar-refractivity contribution in [2.24, 2.45) is 0 Å². The third-order valence-corrected chi connectivity index (χ3v) is 3.17. The number of hydrogen-bond donors (Lipinski definition) is 1. The number of hydrogen-bond acceptors (Lipinski definition) is 5. The van der Waals surface area contributed by atoms with Crippen molar-refractivity contribution in [3.63, 3.8) is 0 Å². The van der Waals surface area contributed by atoms with Crippen molar-refractivity contribution in [2.45, 2.75) is 13.8 Å². The molecule has 0 atom stereocenters. The van der Waals surface area contributed by atoms with Gasteiger partial charge >= 0.3 is 5.97 Å². The van der Waals surface area contributed by atoms with Crippen LogP contribution in [0.5, 0.6) is 5.75 Å². The predicted octanol–water partition coefficient (Wildman–Crippen LogP) is 3.38. The molecule has 0 radical (unpaired) electrons. The van der Waals surface area contributed by atoms with E-state index < -0.39 is 5.97 Å². The number of carbonyl (C=O) groups excluding carboxylic acids is 1. The summed E-state index contributed by atoms with van der Waals surface area (Å²) in [5.74, 6) is 0.233. The van der Waals surface area contributed by atoms with Crippen molar-refractivity contribution in [1.82, 2.24) is 4.98 Å². The fraction of sp³-hybridized carbons (Fsp3) is 0.200. The van der Waals surface area contributed by atoms with Crippen molar-refractivity contribution in [3.05, 3.63) is 47.3 Å². The number of pyridine rings is 1. The summed E-state index contributed by atoms with van der Waals surface area (Å²) < 4.78 is 9.61. The fourth-order valence-corrected chi connectivity index (χ4v) is 2.16. The van der Waals surface area contributed by atoms with Gasteiger partial charge in [-0.25, -0.2) is 9.78 Å². The summed E-state index contributed by atoms with van der Waals surface area (Å²) in [5.41, 5.74) is 4.02. The third-order valence-electron chi connectivity index (χ3n) is 2.96. The first-order valence-electron chi connectivity index (χ1n) is 6.04. The maximum atomic E-state index is 11.6. The van der Waals surface area contributed by atoms with Crippen molar-refractivity contribution < 1.29 is 13.7 Å². The van der Waals surface area contributed by atoms with E-state index in [0.717, 1.165) is 22.4 Å². The molecule has 2 rings (SSSR count). The number of rotatable bonds is 3. The first kappa shape index (κ1) is 14.4. The second-order valence-electron chi connectivity index (χ2n) is 4.44. The standard InChI is InChI=1S/C15H15NO3S/c1-9-6-12(19-20)4-5-13(9)11-7-10(2)16-14(8-11)15(17)18-3/h4-8,20H,1-3H3. The average Bonchev–Trinajstić information content (AvgIpc) is 2.45. The van der Waals surface area contributed by atoms with Crippen LogP contribution in [-0.2, 0) is 4.74 Å². The topological polar surface area (TPSA) is 48.4 Å². The Morgan fingerprint density at radius 1 is 1.20 bits per heavy atom. The second kappa shape index (κ2) is 5.96. The molecule has 0 fully saturated rings. The minimum atomic E-state index is -0.442. The van der Waals surface area contributed by atoms with E-state index >= 15 is 0 Å². The van der Waals surface area contributed by atoms with Crippen molar-refractivity contribution in [1.29, 1.82) is 0 Å². The summed E-state index contributed by atoms with van der Waals surface area (Å²) >= 11 is 3.78. The largest absolute Gasteiger partial charge is 0.464 e. The van der Waals surface area contributed by atoms with Gasteiger partial charge in [-0.05, 0) is 54.8 Å². The quantitative estimate of drug-likeness (QED) is 0.534. The lowest BCUT2D eigenvalue weighted by Gasteiger charge is -2.10. The van der Waals surface area contributed by atoms with Crippen LogP contribution in [-0.4, -0.2) is 18.1 Å². The minimum absolute atomic E-state index is 0.302. The Labute approximate surface area is 123 Å². The van der Waals surface area contributed by atoms with Gasteiger partial charge in [-0.15, -0.1) is 0 Å². The van der Waals surface area contributed by atoms with Crippen molar-refractivity contribution >= 4 is 18.9 Å². The van der Waals surface area contributed by atoms with Crippen LogP contribution in [0.2, 0.25) is 0 Å². The molecule has 1 aromatic carbocycles. The molecule has 2 aromatic rings. The summed E-state index contributed by atoms with van der Waals surface area (Å²) in [5, 5.41) is 0. The Balaban J connectivity index is 2.52. The zero-order valence-corrected chi connectivity index (χ0v) is 12.4. The monoisotopic (exact) mass is 289 g/mol. The van der Waals surface area contributed by atoms with Crippen LogP contribution in [0.25, 0.3) is 11.1 Å². The van der Waals surface area contributed by atoms with Crippen molar-refractivity contribution in [3.8, 4) is 16.9 Å². The lowest BCUT2D eigenvalue weighted by molar-refractivity contribution is 0.0594. The minimum Gasteiger partial charge on any atom is -0.464 e. The number of thiol groups is 1. The molecule has 5 heteroatoms. The van der Waals surface area contributed by atoms with E-state index in [1.807, 2.05) is 38.1 Å². The van der Waals surface area contributed by atoms with Crippen LogP contribution in [0.4, 0.5) is 0 Å². The molecule has 0 spiro atoms. The maximum absolute atomic E-state index is 11.6. The second-order valence-corrected chi connectivity index (χ2v) is 4.62. The van der Waals surface area contributed by atoms with E-state index in [1.54, 1.807) is 6.07 Å². The number of benzene rings is 1. The van der Waals surface area contributed by atoms with Gasteiger partial charge in [-0.1, -0.05) is 6.07 Å². The van der Waals surface area contributed by atoms with Crippen LogP contribution in [0.3, 0.4) is 0 Å². The Morgan fingerprint density at radius 3 is 2.55 bits per heavy atom. The first-order valence-corrected chi connectivity index (χ1v) is 6.41. The number of methoxy groups -OCH3 is 1. The summed E-state index contributed by atoms with van der Waals surface area (Å²) in [6.07, 6.45) is 0. The third kappa shape index (κ3) is 2.93. The summed E-state index contributed by atoms with van der Waals surface area (Å²) in [4.78, 5) is 15.8. The number of nitrogens with zero attached hydrogens (tertiary/aromatic N) is 1. The van der Waals surface area contributed by atoms with E-state index in [0.29, 0.717) is 11.4 Å². The number of esters is 1. The molecular formula is C15H15NO3S. The van der Waals surface area contributed by atoms with Crippen LogP contribution >= 0.6 is 12.9 Å². The van der Waals surface area contributed by atoms with Gasteiger partial charge in [0.1, 0.15) is 11.4 Å². The van der Waals surface area contributed by atoms with Crippen molar-refractivity contribution in [2.75, 3.05) is 7.11 Å². The van der Waals surface area contributed by atoms with E-state index in [-0.39, 0.29) is 0 Å². The Hall–Kier alpha value is -2.01. The molecule has 0 N–H and O–H groups in total. The Kier molecular flexibility index (Phi) is 4.29. The lowest BCUT2D eigenvalue weighted by atomic mass is 10.00. The number of ether oxygens (including phenoxy) is 1. The number of aromatic nitrogens is 1. The predicted molar refractivity (Wildman–Crippen MR) is 80.1 cm³/mol. The van der Waals surface area contributed by atoms with Gasteiger partial charge in [0.05, 0.1) is 7.11 Å². The van der Waals surface area contributed by atoms with Gasteiger partial charge in [-0.3, -0.25) is 0 Å². The van der Waals surface area contributed by atoms with Gasteiger partial charge < -0.3 is 8.92 Å². The van der Waals surface area contributed by atoms with Gasteiger partial charge in [0.2, 0.25) is 0 Å². The van der Waals surface area contributed by atoms with Gasteiger partial charge in [-0.2, -0.15) is 0 Å². The molecule has 20 heavy (non-hydrogen) atoms. The highest BCUT2D eigenvalue weighted by molar-refractivity contribution is 7.75. The summed E-state index contributed by atoms with van der Waals surface area (Å²) in [7, 11) is 1.34. The average molecular weight is 289 g/mol. The van der Waals surface area contributed by atoms with Gasteiger partial charge in [0, 0.05) is 18.6 Å². The van der Waals surface area contributed by atoms with Crippen LogP contribution < -0.4 is 4.18 Å². The Morgan fingerprint density at radius 2 is 1.95 bits per heavy atom. The zero-order chi connectivity index (χ0) is 14.7. The van der Waals surface area contributed by atoms with E-state index in [1.165, 1.54) is 7.11 Å². The van der Waals surface area contributed by atoms with Crippen LogP contribution in [0.1, 0.15) is 21.7 Å². The molecule has 0 bridgehead atoms. The number of carbonyl (C=O) groups is 1. The fourth-order valence-electron chi connectivity index (χ4n) is 2.05. The molecule has 0 saturated carbocycles. The summed E-state index contributed by atoms with van der Waals surface area (Å²) in [6.45, 7) is 3.82. The van der Waals surface area contributed by atoms with E-state index in [9.17, 15) is 4.79 Å². The Bertz CT molecular complexity index is 656. The molecule has 1 heterocycles. The molecule has 0 aliphatic heterocycles. The van der Waals surface area contributed by atoms with Gasteiger partial charge in [0.15, 0.2) is 0 Å². The van der Waals surface area contributed by atoms with Crippen LogP contribution in [0.15, 0.2) is 30.3 Å².